The molecule has 5 heteroatoms. The summed E-state index contributed by atoms with van der Waals surface area (Å²) in [5.41, 5.74) is 3.45. The lowest BCUT2D eigenvalue weighted by Crippen LogP contribution is -2.27. The van der Waals surface area contributed by atoms with Crippen LogP contribution in [0.2, 0.25) is 0 Å². The smallest absolute Gasteiger partial charge is 0.175 e. The Bertz CT molecular complexity index is 541. The normalized spacial score (nSPS) is 12.6. The standard InChI is InChI=1S/C12H16N2O2S/c1-3-4-8-12(14-13)10-6-5-7-11(9-10)17(2,15)16/h5-7,9,12,14H,8,13H2,1-2H3. The van der Waals surface area contributed by atoms with E-state index in [-0.39, 0.29) is 6.04 Å². The largest absolute Gasteiger partial charge is 0.271 e. The lowest BCUT2D eigenvalue weighted by Gasteiger charge is -2.14. The Labute approximate surface area is 102 Å². The zero-order valence-electron chi connectivity index (χ0n) is 9.90. The van der Waals surface area contributed by atoms with E-state index >= 15 is 0 Å². The molecule has 0 saturated carbocycles. The molecule has 0 spiro atoms. The number of hydrogen-bond donors (Lipinski definition) is 2. The van der Waals surface area contributed by atoms with Crippen LogP contribution in [0.15, 0.2) is 29.2 Å². The average Bonchev–Trinajstić information content (AvgIpc) is 2.29. The highest BCUT2D eigenvalue weighted by atomic mass is 32.2. The van der Waals surface area contributed by atoms with Crippen LogP contribution >= 0.6 is 0 Å². The Morgan fingerprint density at radius 1 is 1.47 bits per heavy atom. The van der Waals surface area contributed by atoms with E-state index in [1.54, 1.807) is 25.1 Å². The Hall–Kier alpha value is -1.35. The number of hydrazine groups is 1. The van der Waals surface area contributed by atoms with Crippen molar-refractivity contribution >= 4 is 9.84 Å². The quantitative estimate of drug-likeness (QED) is 0.476. The van der Waals surface area contributed by atoms with Crippen molar-refractivity contribution in [2.45, 2.75) is 24.3 Å². The van der Waals surface area contributed by atoms with Crippen molar-refractivity contribution in [2.24, 2.45) is 5.84 Å². The molecule has 17 heavy (non-hydrogen) atoms. The molecule has 0 bridgehead atoms. The van der Waals surface area contributed by atoms with Gasteiger partial charge >= 0.3 is 0 Å². The molecule has 1 unspecified atom stereocenters. The number of rotatable bonds is 4. The molecule has 4 nitrogen and oxygen atoms in total. The Kier molecular flexibility index (Phi) is 4.70. The van der Waals surface area contributed by atoms with Crippen LogP contribution in [0.25, 0.3) is 0 Å². The third kappa shape index (κ3) is 3.86. The number of nitrogens with one attached hydrogen (secondary N) is 1. The van der Waals surface area contributed by atoms with E-state index in [0.29, 0.717) is 11.3 Å². The van der Waals surface area contributed by atoms with Gasteiger partial charge in [0.25, 0.3) is 0 Å². The molecule has 0 heterocycles. The Balaban J connectivity index is 3.08. The first kappa shape index (κ1) is 13.7. The molecule has 0 radical (unpaired) electrons. The van der Waals surface area contributed by atoms with Crippen molar-refractivity contribution in [3.8, 4) is 11.8 Å². The highest BCUT2D eigenvalue weighted by Crippen LogP contribution is 2.19. The maximum atomic E-state index is 11.4. The molecule has 1 aromatic rings. The van der Waals surface area contributed by atoms with Gasteiger partial charge in [0.05, 0.1) is 10.9 Å². The third-order valence-corrected chi connectivity index (χ3v) is 3.48. The molecule has 92 valence electrons. The number of nitrogens with two attached hydrogens (primary N) is 1. The Morgan fingerprint density at radius 3 is 2.71 bits per heavy atom. The van der Waals surface area contributed by atoms with Gasteiger partial charge in [-0.15, -0.1) is 11.8 Å². The molecule has 1 aromatic carbocycles. The van der Waals surface area contributed by atoms with Crippen molar-refractivity contribution in [2.75, 3.05) is 6.26 Å². The van der Waals surface area contributed by atoms with Gasteiger partial charge in [0.2, 0.25) is 0 Å². The summed E-state index contributed by atoms with van der Waals surface area (Å²) in [5, 5.41) is 0. The van der Waals surface area contributed by atoms with Gasteiger partial charge < -0.3 is 0 Å². The van der Waals surface area contributed by atoms with Crippen LogP contribution in [-0.2, 0) is 9.84 Å². The minimum atomic E-state index is -3.19. The van der Waals surface area contributed by atoms with Crippen LogP contribution in [0.5, 0.6) is 0 Å². The minimum absolute atomic E-state index is 0.163. The highest BCUT2D eigenvalue weighted by molar-refractivity contribution is 7.90. The lowest BCUT2D eigenvalue weighted by molar-refractivity contribution is 0.565. The lowest BCUT2D eigenvalue weighted by atomic mass is 10.1. The second-order valence-electron chi connectivity index (χ2n) is 3.69. The summed E-state index contributed by atoms with van der Waals surface area (Å²) in [5.74, 6) is 11.1. The molecule has 1 rings (SSSR count). The molecular weight excluding hydrogens is 236 g/mol. The summed E-state index contributed by atoms with van der Waals surface area (Å²) < 4.78 is 22.9. The van der Waals surface area contributed by atoms with Crippen LogP contribution < -0.4 is 11.3 Å². The van der Waals surface area contributed by atoms with Crippen molar-refractivity contribution < 1.29 is 8.42 Å². The predicted octanol–water partition coefficient (Wildman–Crippen LogP) is 1.01. The molecule has 0 aliphatic rings. The van der Waals surface area contributed by atoms with E-state index < -0.39 is 9.84 Å². The van der Waals surface area contributed by atoms with Crippen LogP contribution in [0.4, 0.5) is 0 Å². The molecule has 0 aliphatic carbocycles. The van der Waals surface area contributed by atoms with E-state index in [9.17, 15) is 8.42 Å². The fourth-order valence-electron chi connectivity index (χ4n) is 1.44. The fraction of sp³-hybridized carbons (Fsp3) is 0.333. The van der Waals surface area contributed by atoms with Gasteiger partial charge in [0, 0.05) is 12.7 Å². The molecule has 1 atom stereocenters. The maximum absolute atomic E-state index is 11.4. The maximum Gasteiger partial charge on any atom is 0.175 e. The summed E-state index contributed by atoms with van der Waals surface area (Å²) >= 11 is 0. The Morgan fingerprint density at radius 2 is 2.18 bits per heavy atom. The summed E-state index contributed by atoms with van der Waals surface area (Å²) in [6.07, 6.45) is 1.73. The number of hydrogen-bond acceptors (Lipinski definition) is 4. The van der Waals surface area contributed by atoms with Crippen molar-refractivity contribution in [3.05, 3.63) is 29.8 Å². The van der Waals surface area contributed by atoms with Gasteiger partial charge in [-0.3, -0.25) is 11.3 Å². The monoisotopic (exact) mass is 252 g/mol. The topological polar surface area (TPSA) is 72.2 Å². The summed E-state index contributed by atoms with van der Waals surface area (Å²) in [6.45, 7) is 1.75. The molecule has 0 aliphatic heterocycles. The summed E-state index contributed by atoms with van der Waals surface area (Å²) in [7, 11) is -3.19. The van der Waals surface area contributed by atoms with Crippen molar-refractivity contribution in [1.29, 1.82) is 0 Å². The minimum Gasteiger partial charge on any atom is -0.271 e. The first-order valence-electron chi connectivity index (χ1n) is 5.14. The van der Waals surface area contributed by atoms with Gasteiger partial charge in [-0.05, 0) is 24.6 Å². The summed E-state index contributed by atoms with van der Waals surface area (Å²) in [6, 6.07) is 6.56. The molecule has 0 saturated heterocycles. The molecule has 3 N–H and O–H groups in total. The number of sulfone groups is 1. The average molecular weight is 252 g/mol. The summed E-state index contributed by atoms with van der Waals surface area (Å²) in [4.78, 5) is 0.291. The second kappa shape index (κ2) is 5.82. The first-order chi connectivity index (χ1) is 7.99. The van der Waals surface area contributed by atoms with Gasteiger partial charge in [-0.1, -0.05) is 12.1 Å². The van der Waals surface area contributed by atoms with Gasteiger partial charge in [0.1, 0.15) is 0 Å². The fourth-order valence-corrected chi connectivity index (χ4v) is 2.11. The van der Waals surface area contributed by atoms with Crippen molar-refractivity contribution in [3.63, 3.8) is 0 Å². The third-order valence-electron chi connectivity index (χ3n) is 2.37. The van der Waals surface area contributed by atoms with Gasteiger partial charge in [-0.2, -0.15) is 0 Å². The second-order valence-corrected chi connectivity index (χ2v) is 5.71. The van der Waals surface area contributed by atoms with E-state index in [4.69, 9.17) is 5.84 Å². The first-order valence-corrected chi connectivity index (χ1v) is 7.04. The number of benzene rings is 1. The zero-order valence-corrected chi connectivity index (χ0v) is 10.7. The highest BCUT2D eigenvalue weighted by Gasteiger charge is 2.12. The zero-order chi connectivity index (χ0) is 12.9. The molecular formula is C12H16N2O2S. The van der Waals surface area contributed by atoms with Crippen LogP contribution in [0.1, 0.15) is 24.9 Å². The van der Waals surface area contributed by atoms with Gasteiger partial charge in [0.15, 0.2) is 9.84 Å². The van der Waals surface area contributed by atoms with Crippen LogP contribution in [-0.4, -0.2) is 14.7 Å². The van der Waals surface area contributed by atoms with E-state index in [0.717, 1.165) is 5.56 Å². The van der Waals surface area contributed by atoms with Crippen molar-refractivity contribution in [1.82, 2.24) is 5.43 Å². The SMILES string of the molecule is CC#CCC(NN)c1cccc(S(C)(=O)=O)c1. The van der Waals surface area contributed by atoms with Crippen LogP contribution in [0.3, 0.4) is 0 Å². The predicted molar refractivity (Wildman–Crippen MR) is 67.7 cm³/mol. The molecule has 0 aromatic heterocycles. The van der Waals surface area contributed by atoms with Crippen LogP contribution in [0, 0.1) is 11.8 Å². The van der Waals surface area contributed by atoms with E-state index in [2.05, 4.69) is 17.3 Å². The molecule has 0 fully saturated rings. The molecule has 0 amide bonds. The van der Waals surface area contributed by atoms with Gasteiger partial charge in [-0.25, -0.2) is 8.42 Å². The van der Waals surface area contributed by atoms with E-state index in [1.807, 2.05) is 6.07 Å². The van der Waals surface area contributed by atoms with E-state index in [1.165, 1.54) is 6.26 Å².